The molecule has 0 saturated heterocycles. The second-order valence-corrected chi connectivity index (χ2v) is 9.31. The Morgan fingerprint density at radius 3 is 2.81 bits per heavy atom. The van der Waals surface area contributed by atoms with Crippen LogP contribution in [0.3, 0.4) is 0 Å². The lowest BCUT2D eigenvalue weighted by atomic mass is 10.2. The molecule has 32 heavy (non-hydrogen) atoms. The second-order valence-electron chi connectivity index (χ2n) is 7.16. The average Bonchev–Trinajstić information content (AvgIpc) is 3.13. The van der Waals surface area contributed by atoms with Crippen LogP contribution < -0.4 is 15.8 Å². The van der Waals surface area contributed by atoms with E-state index in [1.165, 1.54) is 11.3 Å². The number of benzene rings is 1. The number of nitrogens with zero attached hydrogens (tertiary/aromatic N) is 3. The van der Waals surface area contributed by atoms with Gasteiger partial charge in [-0.3, -0.25) is 9.79 Å². The maximum absolute atomic E-state index is 12.3. The molecule has 1 aromatic carbocycles. The lowest BCUT2D eigenvalue weighted by Crippen LogP contribution is -2.30. The number of likely N-dealkylation sites (N-methyl/N-ethyl adjacent to an activating group) is 1. The van der Waals surface area contributed by atoms with Gasteiger partial charge in [0.05, 0.1) is 16.2 Å². The van der Waals surface area contributed by atoms with Gasteiger partial charge in [0, 0.05) is 49.4 Å². The van der Waals surface area contributed by atoms with Crippen molar-refractivity contribution in [1.29, 1.82) is 0 Å². The minimum absolute atomic E-state index is 0.0430. The molecule has 8 nitrogen and oxygen atoms in total. The minimum atomic E-state index is -1.54. The van der Waals surface area contributed by atoms with Crippen LogP contribution in [0.2, 0.25) is 0 Å². The Bertz CT molecular complexity index is 983. The molecule has 172 valence electrons. The van der Waals surface area contributed by atoms with Crippen molar-refractivity contribution < 1.29 is 9.35 Å². The van der Waals surface area contributed by atoms with Gasteiger partial charge in [-0.25, -0.2) is 4.99 Å². The summed E-state index contributed by atoms with van der Waals surface area (Å²) in [4.78, 5) is 25.0. The van der Waals surface area contributed by atoms with Gasteiger partial charge in [-0.2, -0.15) is 0 Å². The third-order valence-electron chi connectivity index (χ3n) is 4.28. The number of anilines is 1. The van der Waals surface area contributed by atoms with Crippen molar-refractivity contribution >= 4 is 52.5 Å². The van der Waals surface area contributed by atoms with Gasteiger partial charge in [0.25, 0.3) is 5.91 Å². The Hall–Kier alpha value is -2.50. The smallest absolute Gasteiger partial charge is 0.261 e. The molecular weight excluding hydrogens is 444 g/mol. The number of hydrogen-bond acceptors (Lipinski definition) is 6. The fourth-order valence-corrected chi connectivity index (χ4v) is 4.08. The Morgan fingerprint density at radius 1 is 1.34 bits per heavy atom. The molecule has 0 saturated carbocycles. The number of thiophene rings is 1. The van der Waals surface area contributed by atoms with E-state index in [2.05, 4.69) is 20.6 Å². The van der Waals surface area contributed by atoms with Crippen LogP contribution in [0.5, 0.6) is 0 Å². The number of aliphatic imine (C=N–C) groups is 2. The fourth-order valence-electron chi connectivity index (χ4n) is 2.60. The number of guanidine groups is 1. The van der Waals surface area contributed by atoms with Crippen LogP contribution in [0.15, 0.2) is 51.3 Å². The molecule has 0 bridgehead atoms. The number of carbonyl (C=O) groups is 1. The van der Waals surface area contributed by atoms with Crippen LogP contribution in [0.25, 0.3) is 6.08 Å². The number of hydrogen-bond donors (Lipinski definition) is 3. The number of rotatable bonds is 9. The molecule has 1 aromatic heterocycles. The third kappa shape index (κ3) is 8.56. The molecule has 0 radical (unpaired) electrons. The van der Waals surface area contributed by atoms with E-state index in [-0.39, 0.29) is 5.91 Å². The van der Waals surface area contributed by atoms with E-state index in [0.29, 0.717) is 34.4 Å². The first-order valence-electron chi connectivity index (χ1n) is 10.0. The molecule has 1 amide bonds. The standard InChI is InChI=1S/C22H30N6O2S2/c1-16-14-20(21(29)25-12-13-28(3)4)31-19(16)10-5-6-11-26-22(24-2)27-17-8-7-9-18(15-17)32(23)30/h5,7-11,14-15H,6,12-13,23H2,1-4H3,(H,24,27)(H,25,29)/b10-5-,26-11-. The highest BCUT2D eigenvalue weighted by Crippen LogP contribution is 2.23. The number of allylic oxidation sites excluding steroid dienone is 1. The normalized spacial score (nSPS) is 13.3. The molecular formula is C22H30N6O2S2. The first kappa shape index (κ1) is 25.8. The molecule has 1 heterocycles. The second kappa shape index (κ2) is 13.1. The monoisotopic (exact) mass is 474 g/mol. The summed E-state index contributed by atoms with van der Waals surface area (Å²) in [5.41, 5.74) is 1.77. The molecule has 10 heteroatoms. The number of nitrogens with two attached hydrogens (primary N) is 1. The van der Waals surface area contributed by atoms with Crippen LogP contribution in [0.1, 0.15) is 26.5 Å². The zero-order chi connectivity index (χ0) is 23.5. The van der Waals surface area contributed by atoms with Gasteiger partial charge in [-0.1, -0.05) is 12.1 Å². The zero-order valence-electron chi connectivity index (χ0n) is 18.8. The summed E-state index contributed by atoms with van der Waals surface area (Å²) in [6, 6.07) is 8.90. The highest BCUT2D eigenvalue weighted by atomic mass is 32.2. The van der Waals surface area contributed by atoms with Gasteiger partial charge < -0.3 is 20.1 Å². The van der Waals surface area contributed by atoms with E-state index in [4.69, 9.17) is 5.14 Å². The highest BCUT2D eigenvalue weighted by Gasteiger charge is 2.11. The molecule has 0 spiro atoms. The summed E-state index contributed by atoms with van der Waals surface area (Å²) in [7, 11) is 5.59. The Kier molecular flexibility index (Phi) is 10.6. The van der Waals surface area contributed by atoms with E-state index < -0.39 is 11.4 Å². The molecule has 4 N–H and O–H groups in total. The maximum Gasteiger partial charge on any atom is 0.261 e. The molecule has 1 atom stereocenters. The summed E-state index contributed by atoms with van der Waals surface area (Å²) < 4.78 is 11.4. The Morgan fingerprint density at radius 2 is 2.12 bits per heavy atom. The van der Waals surface area contributed by atoms with Crippen LogP contribution in [-0.4, -0.2) is 61.8 Å². The quantitative estimate of drug-likeness (QED) is 0.293. The number of nitrogens with one attached hydrogen (secondary N) is 2. The van der Waals surface area contributed by atoms with Crippen LogP contribution in [0.4, 0.5) is 5.69 Å². The van der Waals surface area contributed by atoms with Gasteiger partial charge in [0.2, 0.25) is 5.96 Å². The summed E-state index contributed by atoms with van der Waals surface area (Å²) in [5, 5.41) is 11.4. The predicted molar refractivity (Wildman–Crippen MR) is 136 cm³/mol. The highest BCUT2D eigenvalue weighted by molar-refractivity contribution is 7.89. The van der Waals surface area contributed by atoms with Gasteiger partial charge in [-0.05, 0) is 50.9 Å². The minimum Gasteiger partial charge on any atom is -0.593 e. The van der Waals surface area contributed by atoms with Crippen LogP contribution >= 0.6 is 11.3 Å². The average molecular weight is 475 g/mol. The number of aryl methyl sites for hydroxylation is 1. The van der Waals surface area contributed by atoms with E-state index in [1.807, 2.05) is 50.2 Å². The lowest BCUT2D eigenvalue weighted by molar-refractivity contribution is 0.0955. The molecule has 0 aliphatic rings. The van der Waals surface area contributed by atoms with Crippen LogP contribution in [0, 0.1) is 6.92 Å². The zero-order valence-corrected chi connectivity index (χ0v) is 20.4. The van der Waals surface area contributed by atoms with E-state index >= 15 is 0 Å². The SMILES string of the molecule is C/N=C(\N=C/C/C=C\c1sc(C(=O)NCCN(C)C)cc1C)Nc1cccc([S+](N)[O-])c1. The Labute approximate surface area is 196 Å². The molecule has 0 fully saturated rings. The van der Waals surface area contributed by atoms with Crippen molar-refractivity contribution in [2.24, 2.45) is 15.1 Å². The fraction of sp³-hybridized carbons (Fsp3) is 0.318. The van der Waals surface area contributed by atoms with Crippen molar-refractivity contribution in [3.8, 4) is 0 Å². The Balaban J connectivity index is 1.89. The van der Waals surface area contributed by atoms with Gasteiger partial charge >= 0.3 is 0 Å². The topological polar surface area (TPSA) is 118 Å². The molecule has 0 aliphatic carbocycles. The van der Waals surface area contributed by atoms with Crippen molar-refractivity contribution in [1.82, 2.24) is 10.2 Å². The first-order valence-corrected chi connectivity index (χ1v) is 12.1. The summed E-state index contributed by atoms with van der Waals surface area (Å²) in [5.74, 6) is 0.390. The first-order chi connectivity index (χ1) is 15.3. The van der Waals surface area contributed by atoms with Crippen LogP contribution in [-0.2, 0) is 11.4 Å². The predicted octanol–water partition coefficient (Wildman–Crippen LogP) is 2.90. The largest absolute Gasteiger partial charge is 0.593 e. The maximum atomic E-state index is 12.3. The van der Waals surface area contributed by atoms with Crippen molar-refractivity contribution in [2.75, 3.05) is 39.5 Å². The van der Waals surface area contributed by atoms with E-state index in [9.17, 15) is 9.35 Å². The van der Waals surface area contributed by atoms with Crippen molar-refractivity contribution in [2.45, 2.75) is 18.2 Å². The van der Waals surface area contributed by atoms with Gasteiger partial charge in [0.15, 0.2) is 4.90 Å². The summed E-state index contributed by atoms with van der Waals surface area (Å²) >= 11 is -0.0705. The molecule has 0 aliphatic heterocycles. The molecule has 1 unspecified atom stereocenters. The summed E-state index contributed by atoms with van der Waals surface area (Å²) in [6.07, 6.45) is 6.34. The lowest BCUT2D eigenvalue weighted by Gasteiger charge is -2.09. The molecule has 2 rings (SSSR count). The van der Waals surface area contributed by atoms with Gasteiger partial charge in [-0.15, -0.1) is 16.5 Å². The number of carbonyl (C=O) groups excluding carboxylic acids is 1. The van der Waals surface area contributed by atoms with E-state index in [1.54, 1.807) is 31.5 Å². The van der Waals surface area contributed by atoms with Crippen molar-refractivity contribution in [3.63, 3.8) is 0 Å². The number of amides is 1. The van der Waals surface area contributed by atoms with Crippen molar-refractivity contribution in [3.05, 3.63) is 51.7 Å². The third-order valence-corrected chi connectivity index (χ3v) is 6.20. The van der Waals surface area contributed by atoms with E-state index in [0.717, 1.165) is 17.0 Å². The van der Waals surface area contributed by atoms with Gasteiger partial charge in [0.1, 0.15) is 0 Å². The molecule has 2 aromatic rings. The summed E-state index contributed by atoms with van der Waals surface area (Å²) in [6.45, 7) is 3.42.